The van der Waals surface area contributed by atoms with Crippen molar-refractivity contribution in [3.05, 3.63) is 48.0 Å². The summed E-state index contributed by atoms with van der Waals surface area (Å²) in [7, 11) is 0. The first-order chi connectivity index (χ1) is 13.1. The lowest BCUT2D eigenvalue weighted by molar-refractivity contribution is -0.139. The smallest absolute Gasteiger partial charge is 0.253 e. The summed E-state index contributed by atoms with van der Waals surface area (Å²) < 4.78 is 0. The van der Waals surface area contributed by atoms with Crippen LogP contribution in [0.2, 0.25) is 0 Å². The van der Waals surface area contributed by atoms with Crippen LogP contribution in [0.4, 0.5) is 0 Å². The molecule has 0 aromatic heterocycles. The zero-order valence-electron chi connectivity index (χ0n) is 16.2. The Morgan fingerprint density at radius 2 is 1.85 bits per heavy atom. The molecule has 1 aromatic carbocycles. The molecule has 0 unspecified atom stereocenters. The number of carbonyl (C=O) groups is 2. The topological polar surface area (TPSA) is 40.6 Å². The summed E-state index contributed by atoms with van der Waals surface area (Å²) >= 11 is 0. The largest absolute Gasteiger partial charge is 0.342 e. The number of rotatable bonds is 5. The predicted octanol–water partition coefficient (Wildman–Crippen LogP) is 3.67. The first kappa shape index (κ1) is 18.3. The molecule has 27 heavy (non-hydrogen) atoms. The van der Waals surface area contributed by atoms with Gasteiger partial charge < -0.3 is 9.80 Å². The van der Waals surface area contributed by atoms with Gasteiger partial charge in [0.15, 0.2) is 0 Å². The van der Waals surface area contributed by atoms with Gasteiger partial charge in [0.2, 0.25) is 5.91 Å². The molecule has 3 fully saturated rings. The molecule has 2 amide bonds. The van der Waals surface area contributed by atoms with Crippen molar-refractivity contribution in [2.45, 2.75) is 44.9 Å². The highest BCUT2D eigenvalue weighted by Crippen LogP contribution is 2.42. The van der Waals surface area contributed by atoms with Crippen LogP contribution < -0.4 is 0 Å². The molecule has 1 aromatic rings. The highest BCUT2D eigenvalue weighted by molar-refractivity contribution is 5.94. The van der Waals surface area contributed by atoms with Crippen LogP contribution in [0, 0.1) is 11.3 Å². The number of carbonyl (C=O) groups excluding carboxylic acids is 2. The number of nitrogens with zero attached hydrogens (tertiary/aromatic N) is 2. The highest BCUT2D eigenvalue weighted by atomic mass is 16.2. The lowest BCUT2D eigenvalue weighted by atomic mass is 9.72. The Morgan fingerprint density at radius 1 is 1.15 bits per heavy atom. The third-order valence-electron chi connectivity index (χ3n) is 6.62. The zero-order chi connectivity index (χ0) is 18.9. The standard InChI is InChI=1S/C23H30N2O2/c1-2-3-18-6-8-20(9-7-18)22(27)24-14-12-23(13-15-24)11-10-21(26)25(17-23)16-19-4-5-19/h2,6-9,19H,1,3-5,10-17H2. The fourth-order valence-electron chi connectivity index (χ4n) is 4.61. The molecule has 1 aliphatic carbocycles. The van der Waals surface area contributed by atoms with Crippen LogP contribution in [0.1, 0.15) is 54.4 Å². The average Bonchev–Trinajstić information content (AvgIpc) is 3.50. The van der Waals surface area contributed by atoms with Crippen LogP contribution in [-0.4, -0.2) is 47.8 Å². The third-order valence-corrected chi connectivity index (χ3v) is 6.62. The van der Waals surface area contributed by atoms with Crippen molar-refractivity contribution in [3.63, 3.8) is 0 Å². The molecule has 4 heteroatoms. The highest BCUT2D eigenvalue weighted by Gasteiger charge is 2.42. The molecule has 144 valence electrons. The van der Waals surface area contributed by atoms with E-state index in [1.165, 1.54) is 18.4 Å². The second kappa shape index (κ2) is 7.49. The molecular formula is C23H30N2O2. The van der Waals surface area contributed by atoms with Crippen molar-refractivity contribution >= 4 is 11.8 Å². The molecule has 0 radical (unpaired) electrons. The molecule has 4 rings (SSSR count). The number of piperidine rings is 2. The Kier molecular flexibility index (Phi) is 5.07. The molecule has 2 heterocycles. The summed E-state index contributed by atoms with van der Waals surface area (Å²) in [5.41, 5.74) is 2.18. The van der Waals surface area contributed by atoms with Gasteiger partial charge in [-0.15, -0.1) is 6.58 Å². The van der Waals surface area contributed by atoms with E-state index in [9.17, 15) is 9.59 Å². The van der Waals surface area contributed by atoms with Crippen LogP contribution in [-0.2, 0) is 11.2 Å². The van der Waals surface area contributed by atoms with Gasteiger partial charge in [0, 0.05) is 38.2 Å². The van der Waals surface area contributed by atoms with Gasteiger partial charge in [-0.05, 0) is 67.6 Å². The van der Waals surface area contributed by atoms with E-state index in [1.54, 1.807) is 0 Å². The maximum Gasteiger partial charge on any atom is 0.253 e. The van der Waals surface area contributed by atoms with Crippen molar-refractivity contribution in [2.24, 2.45) is 11.3 Å². The minimum atomic E-state index is 0.136. The molecule has 0 bridgehead atoms. The molecule has 1 spiro atoms. The molecule has 3 aliphatic rings. The van der Waals surface area contributed by atoms with Crippen molar-refractivity contribution in [3.8, 4) is 0 Å². The van der Waals surface area contributed by atoms with Gasteiger partial charge in [-0.2, -0.15) is 0 Å². The van der Waals surface area contributed by atoms with Gasteiger partial charge in [0.1, 0.15) is 0 Å². The van der Waals surface area contributed by atoms with E-state index in [0.29, 0.717) is 12.3 Å². The van der Waals surface area contributed by atoms with Crippen LogP contribution >= 0.6 is 0 Å². The maximum absolute atomic E-state index is 12.9. The monoisotopic (exact) mass is 366 g/mol. The second-order valence-electron chi connectivity index (χ2n) is 8.70. The quantitative estimate of drug-likeness (QED) is 0.746. The normalized spacial score (nSPS) is 22.1. The van der Waals surface area contributed by atoms with Gasteiger partial charge >= 0.3 is 0 Å². The zero-order valence-corrected chi connectivity index (χ0v) is 16.2. The summed E-state index contributed by atoms with van der Waals surface area (Å²) in [5, 5.41) is 0. The van der Waals surface area contributed by atoms with E-state index in [-0.39, 0.29) is 11.3 Å². The van der Waals surface area contributed by atoms with Gasteiger partial charge in [0.05, 0.1) is 0 Å². The number of allylic oxidation sites excluding steroid dienone is 1. The molecule has 0 atom stereocenters. The third kappa shape index (κ3) is 4.10. The molecule has 2 saturated heterocycles. The molecular weight excluding hydrogens is 336 g/mol. The molecule has 4 nitrogen and oxygen atoms in total. The lowest BCUT2D eigenvalue weighted by Gasteiger charge is -2.47. The summed E-state index contributed by atoms with van der Waals surface area (Å²) in [6.45, 7) is 7.23. The Hall–Kier alpha value is -2.10. The first-order valence-corrected chi connectivity index (χ1v) is 10.4. The van der Waals surface area contributed by atoms with Crippen molar-refractivity contribution in [1.82, 2.24) is 9.80 Å². The predicted molar refractivity (Wildman–Crippen MR) is 106 cm³/mol. The Labute approximate surface area is 162 Å². The van der Waals surface area contributed by atoms with Gasteiger partial charge in [-0.3, -0.25) is 9.59 Å². The van der Waals surface area contributed by atoms with Gasteiger partial charge in [-0.1, -0.05) is 18.2 Å². The summed E-state index contributed by atoms with van der Waals surface area (Å²) in [5.74, 6) is 1.22. The van der Waals surface area contributed by atoms with Gasteiger partial charge in [-0.25, -0.2) is 0 Å². The summed E-state index contributed by atoms with van der Waals surface area (Å²) in [4.78, 5) is 29.2. The van der Waals surface area contributed by atoms with Crippen molar-refractivity contribution in [2.75, 3.05) is 26.2 Å². The van der Waals surface area contributed by atoms with E-state index in [1.807, 2.05) is 35.2 Å². The van der Waals surface area contributed by atoms with Gasteiger partial charge in [0.25, 0.3) is 5.91 Å². The second-order valence-corrected chi connectivity index (χ2v) is 8.70. The van der Waals surface area contributed by atoms with Crippen LogP contribution in [0.5, 0.6) is 0 Å². The SMILES string of the molecule is C=CCc1ccc(C(=O)N2CCC3(CCC(=O)N(CC4CC4)C3)CC2)cc1. The number of benzene rings is 1. The average molecular weight is 367 g/mol. The van der Waals surface area contributed by atoms with E-state index in [2.05, 4.69) is 11.5 Å². The van der Waals surface area contributed by atoms with E-state index in [4.69, 9.17) is 0 Å². The minimum Gasteiger partial charge on any atom is -0.342 e. The number of amides is 2. The van der Waals surface area contributed by atoms with E-state index in [0.717, 1.165) is 63.3 Å². The summed E-state index contributed by atoms with van der Waals surface area (Å²) in [6, 6.07) is 7.90. The minimum absolute atomic E-state index is 0.136. The first-order valence-electron chi connectivity index (χ1n) is 10.4. The van der Waals surface area contributed by atoms with E-state index < -0.39 is 0 Å². The molecule has 0 N–H and O–H groups in total. The number of hydrogen-bond acceptors (Lipinski definition) is 2. The van der Waals surface area contributed by atoms with Crippen LogP contribution in [0.15, 0.2) is 36.9 Å². The molecule has 1 saturated carbocycles. The fourth-order valence-corrected chi connectivity index (χ4v) is 4.61. The molecule has 2 aliphatic heterocycles. The Bertz CT molecular complexity index is 712. The van der Waals surface area contributed by atoms with Crippen molar-refractivity contribution < 1.29 is 9.59 Å². The maximum atomic E-state index is 12.9. The number of hydrogen-bond donors (Lipinski definition) is 0. The fraction of sp³-hybridized carbons (Fsp3) is 0.565. The van der Waals surface area contributed by atoms with E-state index >= 15 is 0 Å². The van der Waals surface area contributed by atoms with Crippen LogP contribution in [0.3, 0.4) is 0 Å². The lowest BCUT2D eigenvalue weighted by Crippen LogP contribution is -2.52. The number of likely N-dealkylation sites (tertiary alicyclic amines) is 2. The van der Waals surface area contributed by atoms with Crippen molar-refractivity contribution in [1.29, 1.82) is 0 Å². The summed E-state index contributed by atoms with van der Waals surface area (Å²) in [6.07, 6.45) is 8.98. The van der Waals surface area contributed by atoms with Crippen LogP contribution in [0.25, 0.3) is 0 Å². The Balaban J connectivity index is 1.35. The Morgan fingerprint density at radius 3 is 2.48 bits per heavy atom.